The number of rotatable bonds is 5. The van der Waals surface area contributed by atoms with E-state index in [4.69, 9.17) is 10.6 Å². The first-order valence-corrected chi connectivity index (χ1v) is 7.06. The third kappa shape index (κ3) is 3.16. The van der Waals surface area contributed by atoms with Gasteiger partial charge in [-0.3, -0.25) is 11.3 Å². The number of hydrazine groups is 1. The van der Waals surface area contributed by atoms with Gasteiger partial charge in [0.1, 0.15) is 0 Å². The van der Waals surface area contributed by atoms with Crippen LogP contribution in [0.25, 0.3) is 0 Å². The first kappa shape index (κ1) is 15.4. The van der Waals surface area contributed by atoms with Gasteiger partial charge < -0.3 is 4.74 Å². The number of hydrogen-bond donors (Lipinski definition) is 2. The molecule has 1 aromatic carbocycles. The number of halogens is 2. The topological polar surface area (TPSA) is 47.3 Å². The van der Waals surface area contributed by atoms with Crippen LogP contribution in [0.1, 0.15) is 37.7 Å². The number of benzene rings is 1. The van der Waals surface area contributed by atoms with E-state index in [-0.39, 0.29) is 11.6 Å². The van der Waals surface area contributed by atoms with Gasteiger partial charge in [-0.2, -0.15) is 0 Å². The minimum absolute atomic E-state index is 0.113. The molecule has 1 fully saturated rings. The third-order valence-corrected chi connectivity index (χ3v) is 4.37. The summed E-state index contributed by atoms with van der Waals surface area (Å²) in [4.78, 5) is 0. The van der Waals surface area contributed by atoms with Gasteiger partial charge in [-0.05, 0) is 37.0 Å². The molecular weight excluding hydrogens is 262 g/mol. The zero-order valence-corrected chi connectivity index (χ0v) is 11.8. The maximum absolute atomic E-state index is 13.3. The molecule has 1 aliphatic rings. The summed E-state index contributed by atoms with van der Waals surface area (Å²) in [5, 5.41) is 0. The molecule has 1 unspecified atom stereocenters. The molecule has 1 saturated carbocycles. The molecule has 2 rings (SSSR count). The van der Waals surface area contributed by atoms with E-state index >= 15 is 0 Å². The highest BCUT2D eigenvalue weighted by Crippen LogP contribution is 2.35. The van der Waals surface area contributed by atoms with Gasteiger partial charge in [0.2, 0.25) is 0 Å². The van der Waals surface area contributed by atoms with Crippen molar-refractivity contribution < 1.29 is 13.5 Å². The van der Waals surface area contributed by atoms with Crippen LogP contribution in [0.5, 0.6) is 0 Å². The molecule has 0 heterocycles. The number of nitrogens with one attached hydrogen (secondary N) is 1. The summed E-state index contributed by atoms with van der Waals surface area (Å²) in [7, 11) is 1.70. The second-order valence-corrected chi connectivity index (χ2v) is 5.50. The Morgan fingerprint density at radius 2 is 1.95 bits per heavy atom. The summed E-state index contributed by atoms with van der Waals surface area (Å²) < 4.78 is 32.0. The van der Waals surface area contributed by atoms with E-state index < -0.39 is 11.6 Å². The van der Waals surface area contributed by atoms with E-state index in [0.717, 1.165) is 31.7 Å². The Labute approximate surface area is 118 Å². The van der Waals surface area contributed by atoms with Crippen LogP contribution in [-0.4, -0.2) is 18.8 Å². The Bertz CT molecular complexity index is 447. The Morgan fingerprint density at radius 1 is 1.25 bits per heavy atom. The van der Waals surface area contributed by atoms with Crippen LogP contribution in [0, 0.1) is 11.6 Å². The van der Waals surface area contributed by atoms with Gasteiger partial charge in [0, 0.05) is 7.11 Å². The van der Waals surface area contributed by atoms with E-state index in [1.807, 2.05) is 0 Å². The maximum atomic E-state index is 13.3. The Balaban J connectivity index is 2.16. The maximum Gasteiger partial charge on any atom is 0.159 e. The molecule has 3 nitrogen and oxygen atoms in total. The minimum atomic E-state index is -0.829. The molecule has 3 N–H and O–H groups in total. The smallest absolute Gasteiger partial charge is 0.159 e. The van der Waals surface area contributed by atoms with Crippen molar-refractivity contribution in [2.24, 2.45) is 5.84 Å². The van der Waals surface area contributed by atoms with Gasteiger partial charge in [-0.25, -0.2) is 8.78 Å². The predicted molar refractivity (Wildman–Crippen MR) is 74.0 cm³/mol. The second kappa shape index (κ2) is 6.61. The fourth-order valence-electron chi connectivity index (χ4n) is 3.14. The predicted octanol–water partition coefficient (Wildman–Crippen LogP) is 2.69. The van der Waals surface area contributed by atoms with Crippen molar-refractivity contribution in [1.29, 1.82) is 0 Å². The Hall–Kier alpha value is -1.04. The Kier molecular flexibility index (Phi) is 5.07. The van der Waals surface area contributed by atoms with E-state index in [0.29, 0.717) is 12.0 Å². The average Bonchev–Trinajstić information content (AvgIpc) is 2.49. The monoisotopic (exact) mass is 284 g/mol. The van der Waals surface area contributed by atoms with Crippen molar-refractivity contribution >= 4 is 0 Å². The van der Waals surface area contributed by atoms with Crippen molar-refractivity contribution in [3.8, 4) is 0 Å². The largest absolute Gasteiger partial charge is 0.377 e. The van der Waals surface area contributed by atoms with Crippen molar-refractivity contribution in [1.82, 2.24) is 5.43 Å². The standard InChI is InChI=1S/C15H22F2N2O/c1-20-15(7-3-2-4-8-15)14(19-18)10-11-5-6-12(16)13(17)9-11/h5-6,9,14,19H,2-4,7-8,10,18H2,1H3. The van der Waals surface area contributed by atoms with Crippen LogP contribution < -0.4 is 11.3 Å². The molecule has 0 bridgehead atoms. The summed E-state index contributed by atoms with van der Waals surface area (Å²) in [6.07, 6.45) is 5.78. The third-order valence-electron chi connectivity index (χ3n) is 4.37. The molecule has 0 radical (unpaired) electrons. The molecule has 1 atom stereocenters. The molecule has 5 heteroatoms. The van der Waals surface area contributed by atoms with Gasteiger partial charge in [0.15, 0.2) is 11.6 Å². The number of nitrogens with two attached hydrogens (primary N) is 1. The highest BCUT2D eigenvalue weighted by atomic mass is 19.2. The summed E-state index contributed by atoms with van der Waals surface area (Å²) in [5.41, 5.74) is 3.20. The number of methoxy groups -OCH3 is 1. The molecule has 1 aromatic rings. The lowest BCUT2D eigenvalue weighted by molar-refractivity contribution is -0.0674. The summed E-state index contributed by atoms with van der Waals surface area (Å²) in [5.74, 6) is 4.03. The van der Waals surface area contributed by atoms with E-state index in [1.165, 1.54) is 12.5 Å². The average molecular weight is 284 g/mol. The number of hydrogen-bond acceptors (Lipinski definition) is 3. The molecule has 0 aromatic heterocycles. The lowest BCUT2D eigenvalue weighted by Gasteiger charge is -2.42. The quantitative estimate of drug-likeness (QED) is 0.645. The number of ether oxygens (including phenoxy) is 1. The van der Waals surface area contributed by atoms with Gasteiger partial charge in [0.05, 0.1) is 11.6 Å². The van der Waals surface area contributed by atoms with Gasteiger partial charge in [-0.15, -0.1) is 0 Å². The normalized spacial score (nSPS) is 19.8. The first-order chi connectivity index (χ1) is 9.61. The second-order valence-electron chi connectivity index (χ2n) is 5.50. The minimum Gasteiger partial charge on any atom is -0.377 e. The fourth-order valence-corrected chi connectivity index (χ4v) is 3.14. The molecule has 0 amide bonds. The van der Waals surface area contributed by atoms with E-state index in [9.17, 15) is 8.78 Å². The molecular formula is C15H22F2N2O. The van der Waals surface area contributed by atoms with Crippen molar-refractivity contribution in [2.75, 3.05) is 7.11 Å². The van der Waals surface area contributed by atoms with Gasteiger partial charge in [-0.1, -0.05) is 25.3 Å². The lowest BCUT2D eigenvalue weighted by Crippen LogP contribution is -2.56. The molecule has 1 aliphatic carbocycles. The van der Waals surface area contributed by atoms with Crippen LogP contribution in [0.4, 0.5) is 8.78 Å². The van der Waals surface area contributed by atoms with Crippen molar-refractivity contribution in [3.05, 3.63) is 35.4 Å². The van der Waals surface area contributed by atoms with Crippen molar-refractivity contribution in [2.45, 2.75) is 50.2 Å². The van der Waals surface area contributed by atoms with E-state index in [1.54, 1.807) is 13.2 Å². The Morgan fingerprint density at radius 3 is 2.50 bits per heavy atom. The summed E-state index contributed by atoms with van der Waals surface area (Å²) in [6, 6.07) is 3.86. The van der Waals surface area contributed by atoms with Crippen LogP contribution in [0.3, 0.4) is 0 Å². The van der Waals surface area contributed by atoms with Crippen LogP contribution in [-0.2, 0) is 11.2 Å². The molecule has 0 spiro atoms. The zero-order valence-electron chi connectivity index (χ0n) is 11.8. The van der Waals surface area contributed by atoms with Crippen molar-refractivity contribution in [3.63, 3.8) is 0 Å². The lowest BCUT2D eigenvalue weighted by atomic mass is 9.77. The summed E-state index contributed by atoms with van der Waals surface area (Å²) in [6.45, 7) is 0. The highest BCUT2D eigenvalue weighted by Gasteiger charge is 2.39. The van der Waals surface area contributed by atoms with Crippen LogP contribution in [0.15, 0.2) is 18.2 Å². The first-order valence-electron chi connectivity index (χ1n) is 7.06. The highest BCUT2D eigenvalue weighted by molar-refractivity contribution is 5.20. The van der Waals surface area contributed by atoms with Gasteiger partial charge in [0.25, 0.3) is 0 Å². The fraction of sp³-hybridized carbons (Fsp3) is 0.600. The molecule has 0 saturated heterocycles. The van der Waals surface area contributed by atoms with Crippen LogP contribution in [0.2, 0.25) is 0 Å². The summed E-state index contributed by atoms with van der Waals surface area (Å²) >= 11 is 0. The molecule has 0 aliphatic heterocycles. The van der Waals surface area contributed by atoms with E-state index in [2.05, 4.69) is 5.43 Å². The molecule has 20 heavy (non-hydrogen) atoms. The van der Waals surface area contributed by atoms with Crippen LogP contribution >= 0.6 is 0 Å². The molecule has 112 valence electrons. The van der Waals surface area contributed by atoms with Gasteiger partial charge >= 0.3 is 0 Å². The SMILES string of the molecule is COC1(C(Cc2ccc(F)c(F)c2)NN)CCCCC1. The zero-order chi connectivity index (χ0) is 14.6.